The largest absolute Gasteiger partial charge is 0.467 e. The number of methoxy groups -OCH3 is 1. The summed E-state index contributed by atoms with van der Waals surface area (Å²) in [6, 6.07) is 0. The molecule has 1 aliphatic heterocycles. The molecule has 11 heavy (non-hydrogen) atoms. The predicted molar refractivity (Wildman–Crippen MR) is 35.7 cm³/mol. The quantitative estimate of drug-likeness (QED) is 0.535. The number of hydrogen-bond donors (Lipinski definition) is 1. The Morgan fingerprint density at radius 2 is 2.18 bits per heavy atom. The van der Waals surface area contributed by atoms with Gasteiger partial charge in [-0.3, -0.25) is 0 Å². The fourth-order valence-corrected chi connectivity index (χ4v) is 1.93. The molecule has 2 rings (SSSR count). The molecule has 2 atom stereocenters. The van der Waals surface area contributed by atoms with Gasteiger partial charge in [-0.05, 0) is 0 Å². The van der Waals surface area contributed by atoms with Crippen LogP contribution in [0.4, 0.5) is 4.39 Å². The van der Waals surface area contributed by atoms with E-state index >= 15 is 0 Å². The van der Waals surface area contributed by atoms with Crippen LogP contribution in [-0.4, -0.2) is 31.8 Å². The molecule has 2 unspecified atom stereocenters. The minimum absolute atomic E-state index is 0.130. The number of hydrogen-bond acceptors (Lipinski definition) is 3. The number of fused-ring (bicyclic) bond motifs is 1. The average molecular weight is 159 g/mol. The van der Waals surface area contributed by atoms with Crippen LogP contribution >= 0.6 is 0 Å². The highest BCUT2D eigenvalue weighted by Gasteiger charge is 2.73. The van der Waals surface area contributed by atoms with Crippen LogP contribution in [0.1, 0.15) is 0 Å². The predicted octanol–water partition coefficient (Wildman–Crippen LogP) is -0.283. The Morgan fingerprint density at radius 3 is 2.64 bits per heavy atom. The maximum Gasteiger partial charge on any atom is 0.344 e. The van der Waals surface area contributed by atoms with Crippen molar-refractivity contribution < 1.29 is 13.9 Å². The molecule has 0 aromatic carbocycles. The van der Waals surface area contributed by atoms with Gasteiger partial charge in [-0.25, -0.2) is 9.18 Å². The number of piperidine rings is 1. The third kappa shape index (κ3) is 0.677. The number of halogens is 1. The molecule has 1 N–H and O–H groups in total. The summed E-state index contributed by atoms with van der Waals surface area (Å²) < 4.78 is 17.9. The van der Waals surface area contributed by atoms with Gasteiger partial charge >= 0.3 is 5.97 Å². The number of rotatable bonds is 1. The third-order valence-corrected chi connectivity index (χ3v) is 2.68. The Labute approximate surface area is 63.9 Å². The molecule has 1 saturated heterocycles. The highest BCUT2D eigenvalue weighted by atomic mass is 19.1. The number of carbonyl (C=O) groups is 1. The summed E-state index contributed by atoms with van der Waals surface area (Å²) in [5.41, 5.74) is -1.65. The van der Waals surface area contributed by atoms with Gasteiger partial charge in [0.25, 0.3) is 0 Å². The topological polar surface area (TPSA) is 38.3 Å². The van der Waals surface area contributed by atoms with Gasteiger partial charge in [0, 0.05) is 24.9 Å². The monoisotopic (exact) mass is 159 g/mol. The first-order valence-electron chi connectivity index (χ1n) is 3.69. The highest BCUT2D eigenvalue weighted by molar-refractivity contribution is 5.84. The van der Waals surface area contributed by atoms with Gasteiger partial charge in [0.2, 0.25) is 5.67 Å². The molecule has 3 nitrogen and oxygen atoms in total. The van der Waals surface area contributed by atoms with Gasteiger partial charge in [-0.15, -0.1) is 0 Å². The summed E-state index contributed by atoms with van der Waals surface area (Å²) in [5.74, 6) is -0.959. The van der Waals surface area contributed by atoms with Crippen LogP contribution in [0.5, 0.6) is 0 Å². The van der Waals surface area contributed by atoms with Crippen LogP contribution in [0.3, 0.4) is 0 Å². The van der Waals surface area contributed by atoms with Crippen LogP contribution in [0.15, 0.2) is 0 Å². The smallest absolute Gasteiger partial charge is 0.344 e. The van der Waals surface area contributed by atoms with Crippen LogP contribution in [-0.2, 0) is 9.53 Å². The van der Waals surface area contributed by atoms with Crippen LogP contribution in [0.25, 0.3) is 0 Å². The zero-order valence-corrected chi connectivity index (χ0v) is 6.26. The molecule has 0 spiro atoms. The SMILES string of the molecule is COC(=O)C1(F)C2CNCC21. The van der Waals surface area contributed by atoms with Crippen molar-refractivity contribution in [2.45, 2.75) is 5.67 Å². The number of alkyl halides is 1. The fraction of sp³-hybridized carbons (Fsp3) is 0.857. The molecular formula is C7H10FNO2. The Morgan fingerprint density at radius 1 is 1.64 bits per heavy atom. The normalized spacial score (nSPS) is 46.7. The van der Waals surface area contributed by atoms with Crippen molar-refractivity contribution in [2.75, 3.05) is 20.2 Å². The molecule has 2 fully saturated rings. The lowest BCUT2D eigenvalue weighted by Crippen LogP contribution is -2.31. The molecule has 1 heterocycles. The molecule has 62 valence electrons. The van der Waals surface area contributed by atoms with Gasteiger partial charge in [0.15, 0.2) is 0 Å². The Hall–Kier alpha value is -0.640. The fourth-order valence-electron chi connectivity index (χ4n) is 1.93. The lowest BCUT2D eigenvalue weighted by Gasteiger charge is -2.08. The number of esters is 1. The van der Waals surface area contributed by atoms with Gasteiger partial charge < -0.3 is 10.1 Å². The van der Waals surface area contributed by atoms with Crippen LogP contribution in [0, 0.1) is 11.8 Å². The Kier molecular flexibility index (Phi) is 1.24. The van der Waals surface area contributed by atoms with Crippen molar-refractivity contribution in [1.82, 2.24) is 5.32 Å². The van der Waals surface area contributed by atoms with Crippen LogP contribution < -0.4 is 5.32 Å². The van der Waals surface area contributed by atoms with Crippen molar-refractivity contribution in [1.29, 1.82) is 0 Å². The highest BCUT2D eigenvalue weighted by Crippen LogP contribution is 2.56. The molecule has 0 radical (unpaired) electrons. The second kappa shape index (κ2) is 1.94. The number of carbonyl (C=O) groups excluding carboxylic acids is 1. The molecule has 1 aliphatic carbocycles. The molecular weight excluding hydrogens is 149 g/mol. The summed E-state index contributed by atoms with van der Waals surface area (Å²) in [6.07, 6.45) is 0. The molecule has 1 saturated carbocycles. The average Bonchev–Trinajstić information content (AvgIpc) is 2.51. The minimum atomic E-state index is -1.65. The summed E-state index contributed by atoms with van der Waals surface area (Å²) >= 11 is 0. The maximum absolute atomic E-state index is 13.5. The summed E-state index contributed by atoms with van der Waals surface area (Å²) in [6.45, 7) is 1.21. The van der Waals surface area contributed by atoms with E-state index in [1.54, 1.807) is 0 Å². The molecule has 2 aliphatic rings. The first kappa shape index (κ1) is 7.03. The van der Waals surface area contributed by atoms with E-state index < -0.39 is 11.6 Å². The van der Waals surface area contributed by atoms with Crippen molar-refractivity contribution in [3.63, 3.8) is 0 Å². The van der Waals surface area contributed by atoms with Crippen molar-refractivity contribution >= 4 is 5.97 Å². The lowest BCUT2D eigenvalue weighted by molar-refractivity contribution is -0.149. The second-order valence-corrected chi connectivity index (χ2v) is 3.13. The van der Waals surface area contributed by atoms with Gasteiger partial charge in [-0.2, -0.15) is 0 Å². The zero-order valence-electron chi connectivity index (χ0n) is 6.26. The molecule has 0 amide bonds. The van der Waals surface area contributed by atoms with Gasteiger partial charge in [-0.1, -0.05) is 0 Å². The van der Waals surface area contributed by atoms with E-state index in [0.29, 0.717) is 13.1 Å². The van der Waals surface area contributed by atoms with E-state index in [0.717, 1.165) is 0 Å². The number of nitrogens with one attached hydrogen (secondary N) is 1. The number of ether oxygens (including phenoxy) is 1. The lowest BCUT2D eigenvalue weighted by atomic mass is 10.2. The van der Waals surface area contributed by atoms with E-state index in [1.807, 2.05) is 0 Å². The summed E-state index contributed by atoms with van der Waals surface area (Å²) in [7, 11) is 1.23. The van der Waals surface area contributed by atoms with Crippen molar-refractivity contribution in [2.24, 2.45) is 11.8 Å². The van der Waals surface area contributed by atoms with E-state index in [4.69, 9.17) is 0 Å². The Bertz CT molecular complexity index is 197. The second-order valence-electron chi connectivity index (χ2n) is 3.13. The Balaban J connectivity index is 2.10. The zero-order chi connectivity index (χ0) is 8.06. The maximum atomic E-state index is 13.5. The minimum Gasteiger partial charge on any atom is -0.467 e. The van der Waals surface area contributed by atoms with Gasteiger partial charge in [0.05, 0.1) is 7.11 Å². The van der Waals surface area contributed by atoms with Crippen molar-refractivity contribution in [3.05, 3.63) is 0 Å². The molecule has 0 aromatic rings. The van der Waals surface area contributed by atoms with E-state index in [2.05, 4.69) is 10.1 Å². The first-order valence-corrected chi connectivity index (χ1v) is 3.69. The molecule has 0 bridgehead atoms. The molecule has 4 heteroatoms. The summed E-state index contributed by atoms with van der Waals surface area (Å²) in [4.78, 5) is 10.9. The third-order valence-electron chi connectivity index (χ3n) is 2.68. The van der Waals surface area contributed by atoms with Crippen molar-refractivity contribution in [3.8, 4) is 0 Å². The van der Waals surface area contributed by atoms with E-state index in [-0.39, 0.29) is 11.8 Å². The van der Waals surface area contributed by atoms with Crippen LogP contribution in [0.2, 0.25) is 0 Å². The summed E-state index contributed by atoms with van der Waals surface area (Å²) in [5, 5.41) is 3.01. The standard InChI is InChI=1S/C7H10FNO2/c1-11-6(10)7(8)4-2-9-3-5(4)7/h4-5,9H,2-3H2,1H3. The molecule has 0 aromatic heterocycles. The van der Waals surface area contributed by atoms with Gasteiger partial charge in [0.1, 0.15) is 0 Å². The first-order chi connectivity index (χ1) is 5.21. The van der Waals surface area contributed by atoms with E-state index in [1.165, 1.54) is 7.11 Å². The van der Waals surface area contributed by atoms with E-state index in [9.17, 15) is 9.18 Å².